The molecule has 0 fully saturated rings. The van der Waals surface area contributed by atoms with E-state index in [9.17, 15) is 5.11 Å². The van der Waals surface area contributed by atoms with Crippen LogP contribution in [0.25, 0.3) is 0 Å². The van der Waals surface area contributed by atoms with Crippen molar-refractivity contribution in [3.63, 3.8) is 0 Å². The van der Waals surface area contributed by atoms with Crippen molar-refractivity contribution in [2.45, 2.75) is 31.8 Å². The monoisotopic (exact) mass is 235 g/mol. The summed E-state index contributed by atoms with van der Waals surface area (Å²) >= 11 is 0. The smallest absolute Gasteiger partial charge is 0.0914 e. The van der Waals surface area contributed by atoms with Gasteiger partial charge < -0.3 is 15.5 Å². The predicted molar refractivity (Wildman–Crippen MR) is 68.0 cm³/mol. The van der Waals surface area contributed by atoms with Crippen LogP contribution in [0.4, 0.5) is 0 Å². The molecule has 0 spiro atoms. The van der Waals surface area contributed by atoms with Gasteiger partial charge in [0.15, 0.2) is 0 Å². The summed E-state index contributed by atoms with van der Waals surface area (Å²) in [4.78, 5) is 0. The Morgan fingerprint density at radius 1 is 1.18 bits per heavy atom. The minimum absolute atomic E-state index is 0.108. The fourth-order valence-corrected chi connectivity index (χ4v) is 2.40. The van der Waals surface area contributed by atoms with Crippen LogP contribution in [0.3, 0.4) is 0 Å². The topological polar surface area (TPSA) is 52.5 Å². The summed E-state index contributed by atoms with van der Waals surface area (Å²) in [5.74, 6) is 0. The van der Waals surface area contributed by atoms with Gasteiger partial charge in [0.05, 0.1) is 12.7 Å². The van der Waals surface area contributed by atoms with Crippen molar-refractivity contribution in [3.05, 3.63) is 34.9 Å². The average molecular weight is 235 g/mol. The summed E-state index contributed by atoms with van der Waals surface area (Å²) in [6, 6.07) is 6.31. The van der Waals surface area contributed by atoms with E-state index in [4.69, 9.17) is 5.11 Å². The number of benzene rings is 1. The lowest BCUT2D eigenvalue weighted by Crippen LogP contribution is -2.24. The lowest BCUT2D eigenvalue weighted by molar-refractivity contribution is 0.170. The molecule has 0 saturated carbocycles. The predicted octanol–water partition coefficient (Wildman–Crippen LogP) is 1.18. The lowest BCUT2D eigenvalue weighted by Gasteiger charge is -2.19. The molecule has 94 valence electrons. The van der Waals surface area contributed by atoms with Crippen LogP contribution in [0.1, 0.15) is 35.6 Å². The van der Waals surface area contributed by atoms with Gasteiger partial charge in [-0.25, -0.2) is 0 Å². The first-order chi connectivity index (χ1) is 8.31. The van der Waals surface area contributed by atoms with E-state index in [2.05, 4.69) is 17.4 Å². The number of aliphatic hydroxyl groups excluding tert-OH is 2. The first-order valence-corrected chi connectivity index (χ1v) is 6.42. The number of rotatable bonds is 5. The van der Waals surface area contributed by atoms with Crippen LogP contribution in [-0.4, -0.2) is 29.9 Å². The van der Waals surface area contributed by atoms with Crippen molar-refractivity contribution in [1.82, 2.24) is 5.32 Å². The summed E-state index contributed by atoms with van der Waals surface area (Å²) in [6.07, 6.45) is 4.38. The van der Waals surface area contributed by atoms with Gasteiger partial charge in [0.2, 0.25) is 0 Å². The molecule has 2 rings (SSSR count). The van der Waals surface area contributed by atoms with Gasteiger partial charge in [0.1, 0.15) is 0 Å². The maximum atomic E-state index is 10.0. The zero-order chi connectivity index (χ0) is 12.1. The largest absolute Gasteiger partial charge is 0.395 e. The molecule has 3 nitrogen and oxygen atoms in total. The highest BCUT2D eigenvalue weighted by atomic mass is 16.3. The Morgan fingerprint density at radius 2 is 1.94 bits per heavy atom. The van der Waals surface area contributed by atoms with Crippen LogP contribution in [0, 0.1) is 0 Å². The number of hydrogen-bond acceptors (Lipinski definition) is 3. The van der Waals surface area contributed by atoms with Crippen molar-refractivity contribution < 1.29 is 10.2 Å². The summed E-state index contributed by atoms with van der Waals surface area (Å²) in [7, 11) is 0. The molecule has 0 amide bonds. The molecular formula is C14H21NO2. The Labute approximate surface area is 102 Å². The molecule has 1 atom stereocenters. The second-order valence-corrected chi connectivity index (χ2v) is 4.68. The molecule has 1 aromatic carbocycles. The van der Waals surface area contributed by atoms with Crippen LogP contribution in [0.2, 0.25) is 0 Å². The molecule has 0 heterocycles. The molecule has 3 heteroatoms. The Kier molecular flexibility index (Phi) is 4.54. The van der Waals surface area contributed by atoms with Crippen LogP contribution in [-0.2, 0) is 12.8 Å². The van der Waals surface area contributed by atoms with Gasteiger partial charge in [0, 0.05) is 13.1 Å². The van der Waals surface area contributed by atoms with E-state index in [1.54, 1.807) is 0 Å². The van der Waals surface area contributed by atoms with Crippen molar-refractivity contribution >= 4 is 0 Å². The molecule has 1 aliphatic rings. The van der Waals surface area contributed by atoms with Gasteiger partial charge in [-0.15, -0.1) is 0 Å². The highest BCUT2D eigenvalue weighted by Crippen LogP contribution is 2.24. The quantitative estimate of drug-likeness (QED) is 0.672. The number of hydrogen-bond donors (Lipinski definition) is 3. The zero-order valence-corrected chi connectivity index (χ0v) is 10.2. The molecule has 0 bridgehead atoms. The highest BCUT2D eigenvalue weighted by molar-refractivity contribution is 5.34. The summed E-state index contributed by atoms with van der Waals surface area (Å²) in [6.45, 7) is 1.14. The molecule has 0 saturated heterocycles. The Hall–Kier alpha value is -0.900. The van der Waals surface area contributed by atoms with Crippen molar-refractivity contribution in [2.24, 2.45) is 0 Å². The number of nitrogens with one attached hydrogen (secondary N) is 1. The highest BCUT2D eigenvalue weighted by Gasteiger charge is 2.12. The maximum absolute atomic E-state index is 10.0. The third-order valence-electron chi connectivity index (χ3n) is 3.38. The van der Waals surface area contributed by atoms with Crippen LogP contribution >= 0.6 is 0 Å². The first kappa shape index (κ1) is 12.6. The molecule has 1 aromatic rings. The molecule has 1 unspecified atom stereocenters. The third-order valence-corrected chi connectivity index (χ3v) is 3.38. The second kappa shape index (κ2) is 6.15. The molecule has 17 heavy (non-hydrogen) atoms. The lowest BCUT2D eigenvalue weighted by atomic mass is 9.89. The van der Waals surface area contributed by atoms with Gasteiger partial charge in [-0.2, -0.15) is 0 Å². The third kappa shape index (κ3) is 3.28. The number of aryl methyl sites for hydroxylation is 2. The van der Waals surface area contributed by atoms with Gasteiger partial charge in [-0.3, -0.25) is 0 Å². The minimum atomic E-state index is -0.478. The summed E-state index contributed by atoms with van der Waals surface area (Å²) in [5.41, 5.74) is 3.82. The molecule has 1 aliphatic carbocycles. The van der Waals surface area contributed by atoms with Crippen LogP contribution < -0.4 is 5.32 Å². The molecule has 0 aliphatic heterocycles. The van der Waals surface area contributed by atoms with Crippen LogP contribution in [0.15, 0.2) is 18.2 Å². The molecule has 0 aromatic heterocycles. The number of fused-ring (bicyclic) bond motifs is 1. The van der Waals surface area contributed by atoms with E-state index >= 15 is 0 Å². The Balaban J connectivity index is 2.00. The Morgan fingerprint density at radius 3 is 2.71 bits per heavy atom. The maximum Gasteiger partial charge on any atom is 0.0914 e. The summed E-state index contributed by atoms with van der Waals surface area (Å²) in [5, 5.41) is 21.7. The van der Waals surface area contributed by atoms with Crippen LogP contribution in [0.5, 0.6) is 0 Å². The van der Waals surface area contributed by atoms with E-state index in [-0.39, 0.29) is 6.61 Å². The van der Waals surface area contributed by atoms with Gasteiger partial charge in [-0.1, -0.05) is 18.2 Å². The number of aliphatic hydroxyl groups is 2. The van der Waals surface area contributed by atoms with Gasteiger partial charge in [0.25, 0.3) is 0 Å². The normalized spacial score (nSPS) is 16.6. The standard InChI is InChI=1S/C14H21NO2/c16-8-7-15-10-14(17)13-6-5-11-3-1-2-4-12(11)9-13/h5-6,9,14-17H,1-4,7-8,10H2. The minimum Gasteiger partial charge on any atom is -0.395 e. The SMILES string of the molecule is OCCNCC(O)c1ccc2c(c1)CCCC2. The van der Waals surface area contributed by atoms with Gasteiger partial charge >= 0.3 is 0 Å². The van der Waals surface area contributed by atoms with Gasteiger partial charge in [-0.05, 0) is 42.4 Å². The molecule has 3 N–H and O–H groups in total. The van der Waals surface area contributed by atoms with E-state index in [0.717, 1.165) is 12.0 Å². The van der Waals surface area contributed by atoms with E-state index in [1.165, 1.54) is 30.4 Å². The van der Waals surface area contributed by atoms with E-state index in [1.807, 2.05) is 6.07 Å². The first-order valence-electron chi connectivity index (χ1n) is 6.42. The van der Waals surface area contributed by atoms with Crippen molar-refractivity contribution in [3.8, 4) is 0 Å². The zero-order valence-electron chi connectivity index (χ0n) is 10.2. The fraction of sp³-hybridized carbons (Fsp3) is 0.571. The van der Waals surface area contributed by atoms with E-state index < -0.39 is 6.10 Å². The Bertz CT molecular complexity index is 365. The molecule has 0 radical (unpaired) electrons. The fourth-order valence-electron chi connectivity index (χ4n) is 2.40. The molecular weight excluding hydrogens is 214 g/mol. The average Bonchev–Trinajstić information content (AvgIpc) is 2.38. The second-order valence-electron chi connectivity index (χ2n) is 4.68. The van der Waals surface area contributed by atoms with Crippen molar-refractivity contribution in [1.29, 1.82) is 0 Å². The van der Waals surface area contributed by atoms with Crippen molar-refractivity contribution in [2.75, 3.05) is 19.7 Å². The van der Waals surface area contributed by atoms with E-state index in [0.29, 0.717) is 13.1 Å². The summed E-state index contributed by atoms with van der Waals surface area (Å²) < 4.78 is 0.